The molecule has 0 fully saturated rings. The summed E-state index contributed by atoms with van der Waals surface area (Å²) < 4.78 is 16.0. The van der Waals surface area contributed by atoms with Crippen LogP contribution in [-0.2, 0) is 13.9 Å². The van der Waals surface area contributed by atoms with E-state index in [1.165, 1.54) is 0 Å². The molecule has 6 heteroatoms. The average Bonchev–Trinajstić information content (AvgIpc) is 2.11. The normalized spacial score (nSPS) is 12.3. The first kappa shape index (κ1) is 17.4. The zero-order valence-corrected chi connectivity index (χ0v) is 13.5. The van der Waals surface area contributed by atoms with Crippen LogP contribution in [0.5, 0.6) is 0 Å². The molecule has 5 nitrogen and oxygen atoms in total. The van der Waals surface area contributed by atoms with Gasteiger partial charge in [0.05, 0.1) is 19.8 Å². The van der Waals surface area contributed by atoms with Gasteiger partial charge in [-0.05, 0) is 40.4 Å². The third-order valence-corrected chi connectivity index (χ3v) is 2.75. The number of hydrogen-bond acceptors (Lipinski definition) is 4. The van der Waals surface area contributed by atoms with E-state index in [9.17, 15) is 4.79 Å². The summed E-state index contributed by atoms with van der Waals surface area (Å²) in [6.07, 6.45) is -0.413. The fourth-order valence-electron chi connectivity index (χ4n) is 1.05. The standard InChI is InChI=1S/C12H27NO4Si/c1-12(2,3)17-11(14)13-7-8-15-9-10-16-18(4,5)6/h7-10H2,1-6H3,(H,13,14). The molecule has 0 heterocycles. The van der Waals surface area contributed by atoms with E-state index in [2.05, 4.69) is 25.0 Å². The van der Waals surface area contributed by atoms with Crippen LogP contribution in [0.1, 0.15) is 20.8 Å². The third-order valence-electron chi connectivity index (χ3n) is 1.68. The van der Waals surface area contributed by atoms with E-state index in [1.54, 1.807) is 0 Å². The van der Waals surface area contributed by atoms with E-state index in [4.69, 9.17) is 13.9 Å². The Morgan fingerprint density at radius 1 is 1.11 bits per heavy atom. The molecule has 0 saturated heterocycles. The van der Waals surface area contributed by atoms with Gasteiger partial charge in [-0.25, -0.2) is 4.79 Å². The molecule has 0 radical (unpaired) electrons. The molecule has 0 rings (SSSR count). The van der Waals surface area contributed by atoms with Crippen LogP contribution in [0, 0.1) is 0 Å². The average molecular weight is 277 g/mol. The molecule has 0 saturated carbocycles. The summed E-state index contributed by atoms with van der Waals surface area (Å²) in [5.41, 5.74) is -0.462. The van der Waals surface area contributed by atoms with Crippen LogP contribution >= 0.6 is 0 Å². The van der Waals surface area contributed by atoms with Gasteiger partial charge in [0.25, 0.3) is 0 Å². The van der Waals surface area contributed by atoms with Gasteiger partial charge in [0.1, 0.15) is 5.60 Å². The molecule has 0 spiro atoms. The van der Waals surface area contributed by atoms with E-state index >= 15 is 0 Å². The Morgan fingerprint density at radius 3 is 2.22 bits per heavy atom. The number of hydrogen-bond donors (Lipinski definition) is 1. The van der Waals surface area contributed by atoms with E-state index < -0.39 is 20.0 Å². The van der Waals surface area contributed by atoms with Gasteiger partial charge in [-0.15, -0.1) is 0 Å². The second kappa shape index (κ2) is 7.76. The molecule has 108 valence electrons. The highest BCUT2D eigenvalue weighted by molar-refractivity contribution is 6.69. The van der Waals surface area contributed by atoms with Gasteiger partial charge in [-0.1, -0.05) is 0 Å². The van der Waals surface area contributed by atoms with E-state index in [1.807, 2.05) is 20.8 Å². The van der Waals surface area contributed by atoms with Crippen molar-refractivity contribution >= 4 is 14.4 Å². The third kappa shape index (κ3) is 13.5. The molecule has 0 aromatic heterocycles. The highest BCUT2D eigenvalue weighted by Crippen LogP contribution is 2.06. The zero-order valence-electron chi connectivity index (χ0n) is 12.5. The Morgan fingerprint density at radius 2 is 1.72 bits per heavy atom. The molecule has 0 aromatic rings. The number of carbonyl (C=O) groups excluding carboxylic acids is 1. The molecule has 0 atom stereocenters. The summed E-state index contributed by atoms with van der Waals surface area (Å²) >= 11 is 0. The number of nitrogens with one attached hydrogen (secondary N) is 1. The molecular formula is C12H27NO4Si. The van der Waals surface area contributed by atoms with Gasteiger partial charge in [-0.2, -0.15) is 0 Å². The predicted octanol–water partition coefficient (Wildman–Crippen LogP) is 2.38. The first-order chi connectivity index (χ1) is 8.10. The minimum absolute atomic E-state index is 0.413. The van der Waals surface area contributed by atoms with Crippen molar-refractivity contribution in [3.63, 3.8) is 0 Å². The molecule has 18 heavy (non-hydrogen) atoms. The van der Waals surface area contributed by atoms with Gasteiger partial charge in [0.2, 0.25) is 0 Å². The highest BCUT2D eigenvalue weighted by atomic mass is 28.4. The quantitative estimate of drug-likeness (QED) is 0.573. The largest absolute Gasteiger partial charge is 0.444 e. The van der Waals surface area contributed by atoms with Crippen LogP contribution in [0.25, 0.3) is 0 Å². The van der Waals surface area contributed by atoms with Crippen LogP contribution in [0.15, 0.2) is 0 Å². The van der Waals surface area contributed by atoms with Crippen molar-refractivity contribution in [1.82, 2.24) is 5.32 Å². The maximum Gasteiger partial charge on any atom is 0.407 e. The minimum Gasteiger partial charge on any atom is -0.444 e. The van der Waals surface area contributed by atoms with Gasteiger partial charge in [0, 0.05) is 6.54 Å². The van der Waals surface area contributed by atoms with Crippen molar-refractivity contribution in [3.05, 3.63) is 0 Å². The lowest BCUT2D eigenvalue weighted by atomic mass is 10.2. The van der Waals surface area contributed by atoms with Gasteiger partial charge >= 0.3 is 6.09 Å². The zero-order chi connectivity index (χ0) is 14.2. The molecule has 1 N–H and O–H groups in total. The highest BCUT2D eigenvalue weighted by Gasteiger charge is 2.15. The molecule has 1 amide bonds. The van der Waals surface area contributed by atoms with Gasteiger partial charge in [0.15, 0.2) is 8.32 Å². The number of amides is 1. The van der Waals surface area contributed by atoms with Crippen molar-refractivity contribution < 1.29 is 18.7 Å². The molecule has 0 bridgehead atoms. The fraction of sp³-hybridized carbons (Fsp3) is 0.917. The monoisotopic (exact) mass is 277 g/mol. The minimum atomic E-state index is -1.44. The van der Waals surface area contributed by atoms with Crippen molar-refractivity contribution in [3.8, 4) is 0 Å². The number of carbonyl (C=O) groups is 1. The van der Waals surface area contributed by atoms with E-state index in [0.717, 1.165) is 0 Å². The Labute approximate surface area is 111 Å². The van der Waals surface area contributed by atoms with Crippen molar-refractivity contribution in [2.45, 2.75) is 46.0 Å². The van der Waals surface area contributed by atoms with Gasteiger partial charge < -0.3 is 19.2 Å². The summed E-state index contributed by atoms with van der Waals surface area (Å²) in [6.45, 7) is 14.0. The van der Waals surface area contributed by atoms with Crippen molar-refractivity contribution in [2.75, 3.05) is 26.4 Å². The van der Waals surface area contributed by atoms with Crippen LogP contribution in [0.3, 0.4) is 0 Å². The van der Waals surface area contributed by atoms with Crippen LogP contribution < -0.4 is 5.32 Å². The maximum atomic E-state index is 11.3. The summed E-state index contributed by atoms with van der Waals surface area (Å²) in [5, 5.41) is 2.63. The van der Waals surface area contributed by atoms with Crippen LogP contribution in [-0.4, -0.2) is 46.4 Å². The molecule has 0 unspecified atom stereocenters. The molecule has 0 aromatic carbocycles. The second-order valence-corrected chi connectivity index (χ2v) is 10.5. The fourth-order valence-corrected chi connectivity index (χ4v) is 1.74. The van der Waals surface area contributed by atoms with Crippen molar-refractivity contribution in [2.24, 2.45) is 0 Å². The van der Waals surface area contributed by atoms with Gasteiger partial charge in [-0.3, -0.25) is 0 Å². The first-order valence-corrected chi connectivity index (χ1v) is 9.69. The number of rotatable bonds is 7. The number of alkyl carbamates (subject to hydrolysis) is 1. The molecule has 0 aliphatic heterocycles. The molecule has 0 aliphatic rings. The predicted molar refractivity (Wildman–Crippen MR) is 74.4 cm³/mol. The summed E-state index contributed by atoms with van der Waals surface area (Å²) in [6, 6.07) is 0. The summed E-state index contributed by atoms with van der Waals surface area (Å²) in [4.78, 5) is 11.3. The lowest BCUT2D eigenvalue weighted by Gasteiger charge is -2.19. The molecule has 0 aliphatic carbocycles. The Balaban J connectivity index is 3.39. The van der Waals surface area contributed by atoms with Crippen molar-refractivity contribution in [1.29, 1.82) is 0 Å². The SMILES string of the molecule is CC(C)(C)OC(=O)NCCOCCO[Si](C)(C)C. The second-order valence-electron chi connectivity index (χ2n) is 6.00. The first-order valence-electron chi connectivity index (χ1n) is 6.29. The van der Waals surface area contributed by atoms with Crippen LogP contribution in [0.2, 0.25) is 19.6 Å². The topological polar surface area (TPSA) is 56.8 Å². The van der Waals surface area contributed by atoms with E-state index in [-0.39, 0.29) is 0 Å². The lowest BCUT2D eigenvalue weighted by Crippen LogP contribution is -2.34. The molecular weight excluding hydrogens is 250 g/mol. The Hall–Kier alpha value is -0.593. The van der Waals surface area contributed by atoms with Crippen LogP contribution in [0.4, 0.5) is 4.79 Å². The maximum absolute atomic E-state index is 11.3. The Kier molecular flexibility index (Phi) is 7.50. The number of ether oxygens (including phenoxy) is 2. The summed E-state index contributed by atoms with van der Waals surface area (Å²) in [7, 11) is -1.44. The lowest BCUT2D eigenvalue weighted by molar-refractivity contribution is 0.0488. The Bertz CT molecular complexity index is 245. The summed E-state index contributed by atoms with van der Waals surface area (Å²) in [5.74, 6) is 0. The smallest absolute Gasteiger partial charge is 0.407 e. The van der Waals surface area contributed by atoms with E-state index in [0.29, 0.717) is 26.4 Å².